The number of hydrogen-bond acceptors (Lipinski definition) is 5. The van der Waals surface area contributed by atoms with Gasteiger partial charge in [0.1, 0.15) is 5.75 Å². The van der Waals surface area contributed by atoms with Crippen molar-refractivity contribution >= 4 is 17.3 Å². The van der Waals surface area contributed by atoms with Crippen molar-refractivity contribution in [3.8, 4) is 5.75 Å². The van der Waals surface area contributed by atoms with E-state index in [4.69, 9.17) is 9.47 Å². The van der Waals surface area contributed by atoms with Crippen molar-refractivity contribution in [2.75, 3.05) is 13.2 Å². The van der Waals surface area contributed by atoms with Gasteiger partial charge in [0.15, 0.2) is 0 Å². The van der Waals surface area contributed by atoms with Gasteiger partial charge in [-0.1, -0.05) is 72.1 Å². The standard InChI is InChI=1S/C32H48N2O3/c1-8-31(4,5)24-29(32(6,7)9-2)30(35)37-23-13-11-10-12-22-36-28-20-18-27(19-21-28)34-33-26-16-14-25(3)15-17-26/h14-21,29H,8-13,22-24H2,1-7H3. The lowest BCUT2D eigenvalue weighted by atomic mass is 9.68. The van der Waals surface area contributed by atoms with E-state index in [1.807, 2.05) is 48.5 Å². The molecular formula is C32H48N2O3. The second kappa shape index (κ2) is 14.9. The zero-order valence-electron chi connectivity index (χ0n) is 24.2. The normalized spacial score (nSPS) is 13.1. The van der Waals surface area contributed by atoms with Gasteiger partial charge in [-0.2, -0.15) is 10.2 Å². The Hall–Kier alpha value is -2.69. The lowest BCUT2D eigenvalue weighted by Gasteiger charge is -2.37. The number of esters is 1. The highest BCUT2D eigenvalue weighted by molar-refractivity contribution is 5.73. The first-order valence-electron chi connectivity index (χ1n) is 13.9. The molecule has 1 atom stereocenters. The minimum Gasteiger partial charge on any atom is -0.494 e. The molecule has 5 nitrogen and oxygen atoms in total. The molecular weight excluding hydrogens is 460 g/mol. The van der Waals surface area contributed by atoms with E-state index in [9.17, 15) is 4.79 Å². The van der Waals surface area contributed by atoms with Crippen LogP contribution in [-0.4, -0.2) is 19.2 Å². The number of hydrogen-bond donors (Lipinski definition) is 0. The number of benzene rings is 2. The van der Waals surface area contributed by atoms with E-state index in [2.05, 4.69) is 58.7 Å². The zero-order chi connectivity index (χ0) is 27.3. The first kappa shape index (κ1) is 30.5. The maximum Gasteiger partial charge on any atom is 0.309 e. The topological polar surface area (TPSA) is 60.2 Å². The second-order valence-corrected chi connectivity index (χ2v) is 11.6. The molecule has 2 aromatic carbocycles. The van der Waals surface area contributed by atoms with Crippen LogP contribution in [0.5, 0.6) is 5.75 Å². The predicted molar refractivity (Wildman–Crippen MR) is 153 cm³/mol. The van der Waals surface area contributed by atoms with Crippen molar-refractivity contribution in [2.45, 2.75) is 93.4 Å². The molecule has 0 aliphatic rings. The fourth-order valence-corrected chi connectivity index (χ4v) is 3.98. The molecule has 2 aromatic rings. The van der Waals surface area contributed by atoms with Crippen LogP contribution in [0, 0.1) is 23.7 Å². The highest BCUT2D eigenvalue weighted by Gasteiger charge is 2.38. The van der Waals surface area contributed by atoms with Gasteiger partial charge in [-0.15, -0.1) is 0 Å². The minimum absolute atomic E-state index is 0.0291. The Morgan fingerprint density at radius 1 is 0.784 bits per heavy atom. The number of rotatable bonds is 16. The molecule has 0 saturated heterocycles. The Balaban J connectivity index is 1.64. The van der Waals surface area contributed by atoms with Gasteiger partial charge in [0.05, 0.1) is 30.5 Å². The summed E-state index contributed by atoms with van der Waals surface area (Å²) in [5.41, 5.74) is 2.93. The van der Waals surface area contributed by atoms with E-state index in [0.717, 1.165) is 62.1 Å². The van der Waals surface area contributed by atoms with E-state index in [1.165, 1.54) is 5.56 Å². The molecule has 0 fully saturated rings. The average Bonchev–Trinajstić information content (AvgIpc) is 2.89. The van der Waals surface area contributed by atoms with Crippen LogP contribution in [0.4, 0.5) is 11.4 Å². The number of unbranched alkanes of at least 4 members (excludes halogenated alkanes) is 3. The van der Waals surface area contributed by atoms with Crippen LogP contribution in [0.2, 0.25) is 0 Å². The van der Waals surface area contributed by atoms with Crippen LogP contribution >= 0.6 is 0 Å². The molecule has 204 valence electrons. The summed E-state index contributed by atoms with van der Waals surface area (Å²) in [6, 6.07) is 15.6. The van der Waals surface area contributed by atoms with E-state index < -0.39 is 0 Å². The fourth-order valence-electron chi connectivity index (χ4n) is 3.98. The molecule has 0 aliphatic carbocycles. The molecule has 0 radical (unpaired) electrons. The van der Waals surface area contributed by atoms with Crippen LogP contribution in [0.3, 0.4) is 0 Å². The largest absolute Gasteiger partial charge is 0.494 e. The molecule has 0 N–H and O–H groups in total. The van der Waals surface area contributed by atoms with Crippen molar-refractivity contribution in [1.29, 1.82) is 0 Å². The molecule has 37 heavy (non-hydrogen) atoms. The van der Waals surface area contributed by atoms with E-state index in [1.54, 1.807) is 0 Å². The molecule has 0 bridgehead atoms. The highest BCUT2D eigenvalue weighted by atomic mass is 16.5. The molecule has 0 spiro atoms. The maximum absolute atomic E-state index is 12.9. The number of carbonyl (C=O) groups excluding carboxylic acids is 1. The second-order valence-electron chi connectivity index (χ2n) is 11.6. The number of carbonyl (C=O) groups is 1. The fraction of sp³-hybridized carbons (Fsp3) is 0.594. The van der Waals surface area contributed by atoms with Gasteiger partial charge in [0.2, 0.25) is 0 Å². The SMILES string of the molecule is CCC(C)(C)CC(C(=O)OCCCCCCOc1ccc(N=Nc2ccc(C)cc2)cc1)C(C)(C)CC. The Morgan fingerprint density at radius 3 is 1.86 bits per heavy atom. The third kappa shape index (κ3) is 11.1. The Morgan fingerprint density at radius 2 is 1.32 bits per heavy atom. The van der Waals surface area contributed by atoms with Crippen molar-refractivity contribution in [1.82, 2.24) is 0 Å². The molecule has 2 rings (SSSR count). The van der Waals surface area contributed by atoms with E-state index in [0.29, 0.717) is 13.2 Å². The Kier molecular flexibility index (Phi) is 12.3. The highest BCUT2D eigenvalue weighted by Crippen LogP contribution is 2.40. The van der Waals surface area contributed by atoms with Crippen molar-refractivity contribution in [3.05, 3.63) is 54.1 Å². The van der Waals surface area contributed by atoms with Gasteiger partial charge in [-0.05, 0) is 86.3 Å². The van der Waals surface area contributed by atoms with Crippen LogP contribution < -0.4 is 4.74 Å². The molecule has 0 amide bonds. The number of ether oxygens (including phenoxy) is 2. The monoisotopic (exact) mass is 508 g/mol. The summed E-state index contributed by atoms with van der Waals surface area (Å²) in [6.45, 7) is 16.4. The van der Waals surface area contributed by atoms with Gasteiger partial charge in [-0.25, -0.2) is 0 Å². The van der Waals surface area contributed by atoms with Crippen LogP contribution in [0.1, 0.15) is 92.1 Å². The summed E-state index contributed by atoms with van der Waals surface area (Å²) < 4.78 is 11.6. The maximum atomic E-state index is 12.9. The molecule has 0 heterocycles. The van der Waals surface area contributed by atoms with Gasteiger partial charge >= 0.3 is 5.97 Å². The van der Waals surface area contributed by atoms with Gasteiger partial charge < -0.3 is 9.47 Å². The lowest BCUT2D eigenvalue weighted by molar-refractivity contribution is -0.154. The van der Waals surface area contributed by atoms with Crippen molar-refractivity contribution in [3.63, 3.8) is 0 Å². The average molecular weight is 509 g/mol. The molecule has 1 unspecified atom stereocenters. The summed E-state index contributed by atoms with van der Waals surface area (Å²) in [5, 5.41) is 8.55. The summed E-state index contributed by atoms with van der Waals surface area (Å²) >= 11 is 0. The minimum atomic E-state index is -0.0590. The van der Waals surface area contributed by atoms with E-state index in [-0.39, 0.29) is 22.7 Å². The quantitative estimate of drug-likeness (QED) is 0.129. The number of aryl methyl sites for hydroxylation is 1. The van der Waals surface area contributed by atoms with Gasteiger partial charge in [0, 0.05) is 0 Å². The molecule has 0 aliphatic heterocycles. The van der Waals surface area contributed by atoms with Crippen LogP contribution in [0.25, 0.3) is 0 Å². The summed E-state index contributed by atoms with van der Waals surface area (Å²) in [6.07, 6.45) is 6.83. The third-order valence-corrected chi connectivity index (χ3v) is 7.56. The number of azo groups is 1. The lowest BCUT2D eigenvalue weighted by Crippen LogP contribution is -2.35. The molecule has 5 heteroatoms. The van der Waals surface area contributed by atoms with Crippen LogP contribution in [0.15, 0.2) is 58.8 Å². The van der Waals surface area contributed by atoms with Gasteiger partial charge in [0.25, 0.3) is 0 Å². The van der Waals surface area contributed by atoms with Crippen molar-refractivity contribution in [2.24, 2.45) is 27.0 Å². The first-order valence-corrected chi connectivity index (χ1v) is 13.9. The number of nitrogens with zero attached hydrogens (tertiary/aromatic N) is 2. The first-order chi connectivity index (χ1) is 17.6. The Bertz CT molecular complexity index is 963. The Labute approximate surface area is 225 Å². The van der Waals surface area contributed by atoms with E-state index >= 15 is 0 Å². The summed E-state index contributed by atoms with van der Waals surface area (Å²) in [7, 11) is 0. The van der Waals surface area contributed by atoms with Crippen LogP contribution in [-0.2, 0) is 9.53 Å². The summed E-state index contributed by atoms with van der Waals surface area (Å²) in [5.74, 6) is 0.748. The summed E-state index contributed by atoms with van der Waals surface area (Å²) in [4.78, 5) is 12.9. The zero-order valence-corrected chi connectivity index (χ0v) is 24.2. The predicted octanol–water partition coefficient (Wildman–Crippen LogP) is 9.77. The smallest absolute Gasteiger partial charge is 0.309 e. The molecule has 0 saturated carbocycles. The molecule has 0 aromatic heterocycles. The third-order valence-electron chi connectivity index (χ3n) is 7.56. The van der Waals surface area contributed by atoms with Crippen molar-refractivity contribution < 1.29 is 14.3 Å². The van der Waals surface area contributed by atoms with Gasteiger partial charge in [-0.3, -0.25) is 4.79 Å².